The largest absolute Gasteiger partial charge is 0.309 e. The molecule has 0 unspecified atom stereocenters. The van der Waals surface area contributed by atoms with Gasteiger partial charge in [0.15, 0.2) is 0 Å². The molecule has 0 saturated heterocycles. The number of hydrogen-bond donors (Lipinski definition) is 0. The summed E-state index contributed by atoms with van der Waals surface area (Å²) in [4.78, 5) is 25.4. The van der Waals surface area contributed by atoms with E-state index in [2.05, 4.69) is 72.1 Å². The molecule has 1 aromatic heterocycles. The standard InChI is InChI=1S/C27H35N5O/c1-5-22-12-14-24(15-13-22)31-19-30(17-9-16-29(3)4)20-32-26(33)25(21(2)28-27(31)32)18-23-10-7-6-8-11-23/h6-8,10-15H,5,9,16-20H2,1-4H3. The van der Waals surface area contributed by atoms with Gasteiger partial charge in [-0.2, -0.15) is 0 Å². The summed E-state index contributed by atoms with van der Waals surface area (Å²) in [6, 6.07) is 18.8. The maximum atomic E-state index is 13.7. The van der Waals surface area contributed by atoms with Gasteiger partial charge in [0.1, 0.15) is 0 Å². The van der Waals surface area contributed by atoms with Crippen LogP contribution in [-0.2, 0) is 19.5 Å². The average Bonchev–Trinajstić information content (AvgIpc) is 2.82. The van der Waals surface area contributed by atoms with Crippen molar-refractivity contribution < 1.29 is 0 Å². The van der Waals surface area contributed by atoms with Gasteiger partial charge < -0.3 is 4.90 Å². The lowest BCUT2D eigenvalue weighted by Gasteiger charge is -2.38. The van der Waals surface area contributed by atoms with Crippen molar-refractivity contribution in [2.24, 2.45) is 0 Å². The molecular weight excluding hydrogens is 410 g/mol. The highest BCUT2D eigenvalue weighted by atomic mass is 16.1. The fraction of sp³-hybridized carbons (Fsp3) is 0.407. The van der Waals surface area contributed by atoms with E-state index in [4.69, 9.17) is 4.98 Å². The Morgan fingerprint density at radius 3 is 2.36 bits per heavy atom. The van der Waals surface area contributed by atoms with Gasteiger partial charge in [-0.3, -0.25) is 19.2 Å². The summed E-state index contributed by atoms with van der Waals surface area (Å²) in [6.07, 6.45) is 2.66. The molecule has 0 spiro atoms. The van der Waals surface area contributed by atoms with E-state index >= 15 is 0 Å². The quantitative estimate of drug-likeness (QED) is 0.524. The summed E-state index contributed by atoms with van der Waals surface area (Å²) in [5, 5.41) is 0. The second-order valence-corrected chi connectivity index (χ2v) is 9.15. The molecule has 6 heteroatoms. The molecule has 3 aromatic rings. The van der Waals surface area contributed by atoms with Crippen LogP contribution in [0.3, 0.4) is 0 Å². The van der Waals surface area contributed by atoms with E-state index in [9.17, 15) is 4.79 Å². The van der Waals surface area contributed by atoms with E-state index in [1.54, 1.807) is 0 Å². The molecule has 0 fully saturated rings. The SMILES string of the molecule is CCc1ccc(N2CN(CCCN(C)C)Cn3c2nc(C)c(Cc2ccccc2)c3=O)cc1. The Kier molecular flexibility index (Phi) is 7.26. The van der Waals surface area contributed by atoms with Gasteiger partial charge in [-0.15, -0.1) is 0 Å². The van der Waals surface area contributed by atoms with E-state index in [0.29, 0.717) is 13.1 Å². The number of rotatable bonds is 8. The summed E-state index contributed by atoms with van der Waals surface area (Å²) in [6.45, 7) is 7.37. The average molecular weight is 446 g/mol. The van der Waals surface area contributed by atoms with Gasteiger partial charge in [-0.25, -0.2) is 4.98 Å². The van der Waals surface area contributed by atoms with Crippen LogP contribution in [0.5, 0.6) is 0 Å². The normalized spacial score (nSPS) is 14.0. The van der Waals surface area contributed by atoms with Crippen molar-refractivity contribution in [2.75, 3.05) is 38.8 Å². The number of aryl methyl sites for hydroxylation is 2. The first-order chi connectivity index (χ1) is 16.0. The minimum absolute atomic E-state index is 0.0637. The second-order valence-electron chi connectivity index (χ2n) is 9.15. The molecule has 0 atom stereocenters. The van der Waals surface area contributed by atoms with Crippen LogP contribution in [0, 0.1) is 6.92 Å². The maximum Gasteiger partial charge on any atom is 0.259 e. The molecule has 6 nitrogen and oxygen atoms in total. The van der Waals surface area contributed by atoms with Crippen LogP contribution in [0.25, 0.3) is 0 Å². The number of fused-ring (bicyclic) bond motifs is 1. The van der Waals surface area contributed by atoms with Gasteiger partial charge in [0.2, 0.25) is 5.95 Å². The molecule has 2 heterocycles. The topological polar surface area (TPSA) is 44.6 Å². The third-order valence-electron chi connectivity index (χ3n) is 6.33. The maximum absolute atomic E-state index is 13.7. The number of anilines is 2. The Morgan fingerprint density at radius 1 is 0.970 bits per heavy atom. The Hall–Kier alpha value is -2.96. The van der Waals surface area contributed by atoms with E-state index < -0.39 is 0 Å². The molecule has 0 amide bonds. The highest BCUT2D eigenvalue weighted by Crippen LogP contribution is 2.28. The van der Waals surface area contributed by atoms with Crippen LogP contribution in [-0.4, -0.2) is 53.2 Å². The smallest absolute Gasteiger partial charge is 0.259 e. The molecule has 1 aliphatic rings. The molecule has 1 aliphatic heterocycles. The molecule has 0 saturated carbocycles. The Balaban J connectivity index is 1.72. The Labute approximate surface area is 197 Å². The molecule has 0 N–H and O–H groups in total. The predicted octanol–water partition coefficient (Wildman–Crippen LogP) is 4.03. The second kappa shape index (κ2) is 10.3. The van der Waals surface area contributed by atoms with Gasteiger partial charge in [-0.1, -0.05) is 49.4 Å². The summed E-state index contributed by atoms with van der Waals surface area (Å²) in [5.74, 6) is 0.738. The van der Waals surface area contributed by atoms with E-state index in [1.807, 2.05) is 29.7 Å². The highest BCUT2D eigenvalue weighted by Gasteiger charge is 2.27. The zero-order chi connectivity index (χ0) is 23.4. The monoisotopic (exact) mass is 445 g/mol. The van der Waals surface area contributed by atoms with Gasteiger partial charge in [-0.05, 0) is 63.7 Å². The van der Waals surface area contributed by atoms with Gasteiger partial charge in [0.25, 0.3) is 5.56 Å². The molecule has 4 rings (SSSR count). The van der Waals surface area contributed by atoms with Crippen molar-refractivity contribution in [3.63, 3.8) is 0 Å². The lowest BCUT2D eigenvalue weighted by Crippen LogP contribution is -2.48. The number of hydrogen-bond acceptors (Lipinski definition) is 5. The van der Waals surface area contributed by atoms with Crippen molar-refractivity contribution in [2.45, 2.75) is 39.8 Å². The third-order valence-corrected chi connectivity index (χ3v) is 6.33. The van der Waals surface area contributed by atoms with Crippen LogP contribution in [0.2, 0.25) is 0 Å². The van der Waals surface area contributed by atoms with Crippen molar-refractivity contribution in [3.8, 4) is 0 Å². The Bertz CT molecular complexity index is 1120. The summed E-state index contributed by atoms with van der Waals surface area (Å²) in [5.41, 5.74) is 5.16. The van der Waals surface area contributed by atoms with Crippen LogP contribution in [0.4, 0.5) is 11.6 Å². The molecular formula is C27H35N5O. The lowest BCUT2D eigenvalue weighted by atomic mass is 10.1. The van der Waals surface area contributed by atoms with E-state index in [0.717, 1.165) is 61.1 Å². The molecule has 33 heavy (non-hydrogen) atoms. The summed E-state index contributed by atoms with van der Waals surface area (Å²) < 4.78 is 1.86. The van der Waals surface area contributed by atoms with E-state index in [-0.39, 0.29) is 5.56 Å². The third kappa shape index (κ3) is 5.34. The van der Waals surface area contributed by atoms with Crippen LogP contribution >= 0.6 is 0 Å². The number of benzene rings is 2. The molecule has 2 aromatic carbocycles. The zero-order valence-electron chi connectivity index (χ0n) is 20.3. The van der Waals surface area contributed by atoms with Crippen LogP contribution in [0.1, 0.15) is 35.7 Å². The van der Waals surface area contributed by atoms with Crippen molar-refractivity contribution >= 4 is 11.6 Å². The van der Waals surface area contributed by atoms with Gasteiger partial charge >= 0.3 is 0 Å². The predicted molar refractivity (Wildman–Crippen MR) is 135 cm³/mol. The van der Waals surface area contributed by atoms with Crippen molar-refractivity contribution in [3.05, 3.63) is 87.3 Å². The lowest BCUT2D eigenvalue weighted by molar-refractivity contribution is 0.189. The minimum atomic E-state index is 0.0637. The minimum Gasteiger partial charge on any atom is -0.309 e. The summed E-state index contributed by atoms with van der Waals surface area (Å²) >= 11 is 0. The molecule has 0 bridgehead atoms. The fourth-order valence-electron chi connectivity index (χ4n) is 4.39. The Morgan fingerprint density at radius 2 is 1.70 bits per heavy atom. The van der Waals surface area contributed by atoms with Gasteiger partial charge in [0, 0.05) is 24.2 Å². The first kappa shape index (κ1) is 23.2. The van der Waals surface area contributed by atoms with Crippen molar-refractivity contribution in [1.82, 2.24) is 19.4 Å². The summed E-state index contributed by atoms with van der Waals surface area (Å²) in [7, 11) is 4.19. The fourth-order valence-corrected chi connectivity index (χ4v) is 4.39. The first-order valence-corrected chi connectivity index (χ1v) is 11.8. The molecule has 0 aliphatic carbocycles. The first-order valence-electron chi connectivity index (χ1n) is 11.8. The molecule has 0 radical (unpaired) electrons. The molecule has 174 valence electrons. The van der Waals surface area contributed by atoms with Crippen molar-refractivity contribution in [1.29, 1.82) is 0 Å². The van der Waals surface area contributed by atoms with Gasteiger partial charge in [0.05, 0.1) is 19.0 Å². The van der Waals surface area contributed by atoms with Crippen LogP contribution in [0.15, 0.2) is 59.4 Å². The van der Waals surface area contributed by atoms with Crippen LogP contribution < -0.4 is 10.5 Å². The highest BCUT2D eigenvalue weighted by molar-refractivity contribution is 5.59. The number of nitrogens with zero attached hydrogens (tertiary/aromatic N) is 5. The zero-order valence-corrected chi connectivity index (χ0v) is 20.3. The number of aromatic nitrogens is 2. The van der Waals surface area contributed by atoms with E-state index in [1.165, 1.54) is 5.56 Å².